The van der Waals surface area contributed by atoms with Crippen LogP contribution < -0.4 is 4.74 Å². The van der Waals surface area contributed by atoms with Gasteiger partial charge in [0.1, 0.15) is 17.1 Å². The molecule has 102 valence electrons. The summed E-state index contributed by atoms with van der Waals surface area (Å²) in [7, 11) is 0. The van der Waals surface area contributed by atoms with E-state index < -0.39 is 5.97 Å². The average molecular weight is 268 g/mol. The summed E-state index contributed by atoms with van der Waals surface area (Å²) in [6.07, 6.45) is 3.83. The molecule has 0 aliphatic carbocycles. The van der Waals surface area contributed by atoms with Crippen LogP contribution in [0.4, 0.5) is 0 Å². The van der Waals surface area contributed by atoms with E-state index >= 15 is 0 Å². The molecule has 0 amide bonds. The van der Waals surface area contributed by atoms with Gasteiger partial charge in [0, 0.05) is 5.56 Å². The minimum absolute atomic E-state index is 0.167. The molecule has 3 heteroatoms. The first-order chi connectivity index (χ1) is 9.61. The second-order valence-corrected chi connectivity index (χ2v) is 4.44. The Kier molecular flexibility index (Phi) is 4.20. The molecule has 0 spiro atoms. The number of carbonyl (C=O) groups is 1. The van der Waals surface area contributed by atoms with Gasteiger partial charge in [-0.15, -0.1) is 0 Å². The lowest BCUT2D eigenvalue weighted by atomic mass is 10.1. The van der Waals surface area contributed by atoms with E-state index in [0.717, 1.165) is 11.1 Å². The van der Waals surface area contributed by atoms with Crippen LogP contribution in [-0.4, -0.2) is 11.1 Å². The third-order valence-corrected chi connectivity index (χ3v) is 2.85. The predicted molar refractivity (Wildman–Crippen MR) is 79.4 cm³/mol. The van der Waals surface area contributed by atoms with Crippen LogP contribution in [0.1, 0.15) is 28.4 Å². The number of allylic oxidation sites excluding steroid dienone is 1. The lowest BCUT2D eigenvalue weighted by Gasteiger charge is -2.11. The molecular weight excluding hydrogens is 252 g/mol. The van der Waals surface area contributed by atoms with Crippen LogP contribution in [0.2, 0.25) is 0 Å². The van der Waals surface area contributed by atoms with Crippen molar-refractivity contribution in [1.82, 2.24) is 0 Å². The first-order valence-electron chi connectivity index (χ1n) is 6.35. The Balaban J connectivity index is 2.42. The summed E-state index contributed by atoms with van der Waals surface area (Å²) < 4.78 is 5.78. The van der Waals surface area contributed by atoms with E-state index in [-0.39, 0.29) is 5.56 Å². The standard InChI is InChI=1S/C17H16O3/c1-3-6-13-7-4-5-8-15(13)20-16-10-9-12(2)11-14(16)17(18)19/h3-11H,1-2H3,(H,18,19). The van der Waals surface area contributed by atoms with Crippen molar-refractivity contribution in [1.29, 1.82) is 0 Å². The Bertz CT molecular complexity index is 657. The summed E-state index contributed by atoms with van der Waals surface area (Å²) in [5.74, 6) is -0.00998. The number of carboxylic acid groups (broad SMARTS) is 1. The molecule has 0 bridgehead atoms. The van der Waals surface area contributed by atoms with Gasteiger partial charge in [-0.25, -0.2) is 4.79 Å². The van der Waals surface area contributed by atoms with Crippen LogP contribution in [0.3, 0.4) is 0 Å². The van der Waals surface area contributed by atoms with Gasteiger partial charge in [0.15, 0.2) is 0 Å². The van der Waals surface area contributed by atoms with Crippen LogP contribution in [0.25, 0.3) is 6.08 Å². The van der Waals surface area contributed by atoms with Crippen molar-refractivity contribution < 1.29 is 14.6 Å². The number of ether oxygens (including phenoxy) is 1. The Labute approximate surface area is 118 Å². The highest BCUT2D eigenvalue weighted by Gasteiger charge is 2.13. The highest BCUT2D eigenvalue weighted by molar-refractivity contribution is 5.91. The molecule has 0 aliphatic heterocycles. The molecule has 0 atom stereocenters. The summed E-state index contributed by atoms with van der Waals surface area (Å²) >= 11 is 0. The first kappa shape index (κ1) is 13.9. The van der Waals surface area contributed by atoms with Crippen molar-refractivity contribution >= 4 is 12.0 Å². The second kappa shape index (κ2) is 6.06. The summed E-state index contributed by atoms with van der Waals surface area (Å²) in [6.45, 7) is 3.77. The number of hydrogen-bond donors (Lipinski definition) is 1. The number of aromatic carboxylic acids is 1. The molecule has 0 unspecified atom stereocenters. The maximum absolute atomic E-state index is 11.3. The molecule has 0 heterocycles. The number of para-hydroxylation sites is 1. The average Bonchev–Trinajstić information content (AvgIpc) is 2.43. The Morgan fingerprint density at radius 2 is 1.90 bits per heavy atom. The van der Waals surface area contributed by atoms with Crippen LogP contribution >= 0.6 is 0 Å². The van der Waals surface area contributed by atoms with E-state index in [0.29, 0.717) is 11.5 Å². The van der Waals surface area contributed by atoms with Crippen molar-refractivity contribution in [3.05, 3.63) is 65.2 Å². The molecule has 3 nitrogen and oxygen atoms in total. The molecule has 2 aromatic carbocycles. The van der Waals surface area contributed by atoms with Crippen molar-refractivity contribution in [2.24, 2.45) is 0 Å². The molecule has 0 fully saturated rings. The van der Waals surface area contributed by atoms with E-state index in [1.54, 1.807) is 12.1 Å². The van der Waals surface area contributed by atoms with Crippen molar-refractivity contribution in [3.63, 3.8) is 0 Å². The fraction of sp³-hybridized carbons (Fsp3) is 0.118. The van der Waals surface area contributed by atoms with E-state index in [4.69, 9.17) is 4.74 Å². The zero-order chi connectivity index (χ0) is 14.5. The SMILES string of the molecule is CC=Cc1ccccc1Oc1ccc(C)cc1C(=O)O. The first-order valence-corrected chi connectivity index (χ1v) is 6.35. The van der Waals surface area contributed by atoms with Gasteiger partial charge in [0.2, 0.25) is 0 Å². The van der Waals surface area contributed by atoms with Gasteiger partial charge < -0.3 is 9.84 Å². The van der Waals surface area contributed by atoms with Gasteiger partial charge in [-0.05, 0) is 32.0 Å². The van der Waals surface area contributed by atoms with E-state index in [1.165, 1.54) is 0 Å². The van der Waals surface area contributed by atoms with Gasteiger partial charge in [-0.1, -0.05) is 42.0 Å². The lowest BCUT2D eigenvalue weighted by Crippen LogP contribution is -2.01. The summed E-state index contributed by atoms with van der Waals surface area (Å²) in [5, 5.41) is 9.25. The minimum Gasteiger partial charge on any atom is -0.478 e. The molecule has 0 saturated carbocycles. The number of carboxylic acids is 1. The van der Waals surface area contributed by atoms with Crippen molar-refractivity contribution in [2.75, 3.05) is 0 Å². The highest BCUT2D eigenvalue weighted by Crippen LogP contribution is 2.29. The molecule has 0 saturated heterocycles. The number of hydrogen-bond acceptors (Lipinski definition) is 2. The number of rotatable bonds is 4. The third-order valence-electron chi connectivity index (χ3n) is 2.85. The molecular formula is C17H16O3. The molecule has 20 heavy (non-hydrogen) atoms. The maximum atomic E-state index is 11.3. The van der Waals surface area contributed by atoms with Crippen LogP contribution in [0.5, 0.6) is 11.5 Å². The van der Waals surface area contributed by atoms with E-state index in [9.17, 15) is 9.90 Å². The Hall–Kier alpha value is -2.55. The number of aryl methyl sites for hydroxylation is 1. The van der Waals surface area contributed by atoms with Crippen molar-refractivity contribution in [2.45, 2.75) is 13.8 Å². The minimum atomic E-state index is -0.993. The summed E-state index contributed by atoms with van der Waals surface area (Å²) in [4.78, 5) is 11.3. The number of benzene rings is 2. The lowest BCUT2D eigenvalue weighted by molar-refractivity contribution is 0.0694. The van der Waals surface area contributed by atoms with Gasteiger partial charge in [0.05, 0.1) is 0 Å². The summed E-state index contributed by atoms with van der Waals surface area (Å²) in [6, 6.07) is 12.6. The Morgan fingerprint density at radius 1 is 1.15 bits per heavy atom. The molecule has 2 rings (SSSR count). The highest BCUT2D eigenvalue weighted by atomic mass is 16.5. The topological polar surface area (TPSA) is 46.5 Å². The van der Waals surface area contributed by atoms with Gasteiger partial charge >= 0.3 is 5.97 Å². The van der Waals surface area contributed by atoms with Crippen molar-refractivity contribution in [3.8, 4) is 11.5 Å². The van der Waals surface area contributed by atoms with Crippen LogP contribution in [0, 0.1) is 6.92 Å². The van der Waals surface area contributed by atoms with E-state index in [2.05, 4.69) is 0 Å². The second-order valence-electron chi connectivity index (χ2n) is 4.44. The van der Waals surface area contributed by atoms with Gasteiger partial charge in [0.25, 0.3) is 0 Å². The maximum Gasteiger partial charge on any atom is 0.339 e. The van der Waals surface area contributed by atoms with Crippen LogP contribution in [0.15, 0.2) is 48.5 Å². The monoisotopic (exact) mass is 268 g/mol. The smallest absolute Gasteiger partial charge is 0.339 e. The quantitative estimate of drug-likeness (QED) is 0.886. The molecule has 2 aromatic rings. The molecule has 0 aromatic heterocycles. The molecule has 0 aliphatic rings. The summed E-state index contributed by atoms with van der Waals surface area (Å²) in [5.41, 5.74) is 1.96. The molecule has 0 radical (unpaired) electrons. The van der Waals surface area contributed by atoms with E-state index in [1.807, 2.05) is 56.3 Å². The fourth-order valence-electron chi connectivity index (χ4n) is 1.91. The normalized spacial score (nSPS) is 10.7. The van der Waals surface area contributed by atoms with Gasteiger partial charge in [-0.2, -0.15) is 0 Å². The zero-order valence-electron chi connectivity index (χ0n) is 11.5. The van der Waals surface area contributed by atoms with Gasteiger partial charge in [-0.3, -0.25) is 0 Å². The fourth-order valence-corrected chi connectivity index (χ4v) is 1.91. The van der Waals surface area contributed by atoms with Crippen LogP contribution in [-0.2, 0) is 0 Å². The Morgan fingerprint density at radius 3 is 2.60 bits per heavy atom. The molecule has 1 N–H and O–H groups in total. The predicted octanol–water partition coefficient (Wildman–Crippen LogP) is 4.52. The largest absolute Gasteiger partial charge is 0.478 e. The third kappa shape index (κ3) is 3.06. The zero-order valence-corrected chi connectivity index (χ0v) is 11.5.